The average molecular weight is 312 g/mol. The number of benzene rings is 2. The zero-order valence-corrected chi connectivity index (χ0v) is 12.3. The second-order valence-corrected chi connectivity index (χ2v) is 5.39. The number of thiazole rings is 1. The number of nitrogens with one attached hydrogen (secondary N) is 3. The molecule has 1 heterocycles. The number of hydrogen-bond acceptors (Lipinski definition) is 3. The maximum absolute atomic E-state index is 12.8. The van der Waals surface area contributed by atoms with Crippen molar-refractivity contribution in [2.75, 3.05) is 10.6 Å². The normalized spacial score (nSPS) is 10.2. The highest BCUT2D eigenvalue weighted by Gasteiger charge is 2.06. The van der Waals surface area contributed by atoms with E-state index in [1.54, 1.807) is 12.1 Å². The molecule has 4 nitrogen and oxygen atoms in total. The molecule has 3 aromatic rings. The smallest absolute Gasteiger partial charge is 0.199 e. The molecule has 2 aromatic carbocycles. The Morgan fingerprint density at radius 2 is 1.73 bits per heavy atom. The fourth-order valence-electron chi connectivity index (χ4n) is 1.89. The molecule has 0 amide bonds. The molecule has 0 aliphatic rings. The van der Waals surface area contributed by atoms with Gasteiger partial charge in [0.05, 0.1) is 5.69 Å². The zero-order valence-electron chi connectivity index (χ0n) is 11.5. The summed E-state index contributed by atoms with van der Waals surface area (Å²) in [6.45, 7) is 0. The molecule has 0 atom stereocenters. The number of halogens is 1. The number of nitrogens with zero attached hydrogens (tertiary/aromatic N) is 1. The quantitative estimate of drug-likeness (QED) is 0.496. The summed E-state index contributed by atoms with van der Waals surface area (Å²) >= 11 is 1.42. The zero-order chi connectivity index (χ0) is 15.4. The van der Waals surface area contributed by atoms with Crippen LogP contribution in [0.5, 0.6) is 0 Å². The van der Waals surface area contributed by atoms with Crippen LogP contribution in [0.15, 0.2) is 60.0 Å². The summed E-state index contributed by atoms with van der Waals surface area (Å²) in [7, 11) is 0. The largest absolute Gasteiger partial charge is 0.326 e. The maximum atomic E-state index is 12.8. The Kier molecular flexibility index (Phi) is 4.11. The molecule has 0 aliphatic heterocycles. The molecule has 0 spiro atoms. The lowest BCUT2D eigenvalue weighted by atomic mass is 10.2. The molecular formula is C16H13FN4S. The predicted molar refractivity (Wildman–Crippen MR) is 88.9 cm³/mol. The molecule has 1 aromatic heterocycles. The molecule has 0 radical (unpaired) electrons. The molecule has 3 N–H and O–H groups in total. The van der Waals surface area contributed by atoms with E-state index in [-0.39, 0.29) is 11.8 Å². The fraction of sp³-hybridized carbons (Fsp3) is 0. The highest BCUT2D eigenvalue weighted by Crippen LogP contribution is 2.24. The molecule has 22 heavy (non-hydrogen) atoms. The Morgan fingerprint density at radius 1 is 1.00 bits per heavy atom. The lowest BCUT2D eigenvalue weighted by molar-refractivity contribution is 0.628. The molecule has 0 bridgehead atoms. The molecule has 0 saturated carbocycles. The van der Waals surface area contributed by atoms with E-state index in [4.69, 9.17) is 5.41 Å². The lowest BCUT2D eigenvalue weighted by Gasteiger charge is -2.07. The first-order valence-electron chi connectivity index (χ1n) is 6.60. The second-order valence-electron chi connectivity index (χ2n) is 4.54. The van der Waals surface area contributed by atoms with Crippen molar-refractivity contribution in [2.24, 2.45) is 0 Å². The summed E-state index contributed by atoms with van der Waals surface area (Å²) in [5.41, 5.74) is 2.53. The third-order valence-electron chi connectivity index (χ3n) is 2.92. The van der Waals surface area contributed by atoms with Crippen LogP contribution in [-0.4, -0.2) is 10.9 Å². The van der Waals surface area contributed by atoms with E-state index in [2.05, 4.69) is 15.6 Å². The van der Waals surface area contributed by atoms with Crippen LogP contribution in [-0.2, 0) is 0 Å². The summed E-state index contributed by atoms with van der Waals surface area (Å²) < 4.78 is 12.8. The second kappa shape index (κ2) is 6.36. The summed E-state index contributed by atoms with van der Waals surface area (Å²) in [6.07, 6.45) is 0. The highest BCUT2D eigenvalue weighted by molar-refractivity contribution is 7.14. The number of aromatic nitrogens is 1. The van der Waals surface area contributed by atoms with E-state index in [1.807, 2.05) is 35.7 Å². The first-order valence-corrected chi connectivity index (χ1v) is 7.48. The Morgan fingerprint density at radius 3 is 2.45 bits per heavy atom. The van der Waals surface area contributed by atoms with Crippen LogP contribution in [0.2, 0.25) is 0 Å². The van der Waals surface area contributed by atoms with Crippen molar-refractivity contribution in [2.45, 2.75) is 0 Å². The van der Waals surface area contributed by atoms with Crippen molar-refractivity contribution < 1.29 is 4.39 Å². The molecule has 110 valence electrons. The van der Waals surface area contributed by atoms with Gasteiger partial charge in [0, 0.05) is 16.6 Å². The number of anilines is 2. The van der Waals surface area contributed by atoms with Crippen LogP contribution in [0, 0.1) is 11.2 Å². The standard InChI is InChI=1S/C16H13FN4S/c17-12-6-8-13(9-7-12)19-15(18)21-16-20-14(10-22-16)11-4-2-1-3-5-11/h1-10H,(H3,18,19,20,21). The molecule has 0 aliphatic carbocycles. The van der Waals surface area contributed by atoms with Gasteiger partial charge in [-0.3, -0.25) is 5.41 Å². The van der Waals surface area contributed by atoms with Crippen LogP contribution in [0.4, 0.5) is 15.2 Å². The Labute approximate surface area is 131 Å². The van der Waals surface area contributed by atoms with Crippen molar-refractivity contribution in [3.63, 3.8) is 0 Å². The van der Waals surface area contributed by atoms with Gasteiger partial charge in [0.15, 0.2) is 11.1 Å². The Balaban J connectivity index is 1.65. The SMILES string of the molecule is N=C(Nc1ccc(F)cc1)Nc1nc(-c2ccccc2)cs1. The van der Waals surface area contributed by atoms with E-state index < -0.39 is 0 Å². The van der Waals surface area contributed by atoms with Gasteiger partial charge in [-0.1, -0.05) is 30.3 Å². The van der Waals surface area contributed by atoms with Crippen LogP contribution in [0.25, 0.3) is 11.3 Å². The molecule has 0 unspecified atom stereocenters. The predicted octanol–water partition coefficient (Wildman–Crippen LogP) is 4.41. The van der Waals surface area contributed by atoms with Crippen LogP contribution < -0.4 is 10.6 Å². The summed E-state index contributed by atoms with van der Waals surface area (Å²) in [5.74, 6) is -0.224. The van der Waals surface area contributed by atoms with Crippen molar-refractivity contribution in [3.8, 4) is 11.3 Å². The van der Waals surface area contributed by atoms with Crippen LogP contribution in [0.1, 0.15) is 0 Å². The van der Waals surface area contributed by atoms with Gasteiger partial charge < -0.3 is 10.6 Å². The minimum Gasteiger partial charge on any atom is -0.326 e. The monoisotopic (exact) mass is 312 g/mol. The third kappa shape index (κ3) is 3.48. The summed E-state index contributed by atoms with van der Waals surface area (Å²) in [4.78, 5) is 4.44. The number of guanidine groups is 1. The first kappa shape index (κ1) is 14.2. The van der Waals surface area contributed by atoms with E-state index in [9.17, 15) is 4.39 Å². The fourth-order valence-corrected chi connectivity index (χ4v) is 2.61. The number of hydrogen-bond donors (Lipinski definition) is 3. The lowest BCUT2D eigenvalue weighted by Crippen LogP contribution is -2.20. The molecule has 0 fully saturated rings. The van der Waals surface area contributed by atoms with Crippen LogP contribution in [0.3, 0.4) is 0 Å². The molecule has 3 rings (SSSR count). The van der Waals surface area contributed by atoms with Crippen LogP contribution >= 0.6 is 11.3 Å². The third-order valence-corrected chi connectivity index (χ3v) is 3.68. The topological polar surface area (TPSA) is 60.8 Å². The minimum absolute atomic E-state index is 0.0839. The minimum atomic E-state index is -0.308. The van der Waals surface area contributed by atoms with Gasteiger partial charge in [-0.15, -0.1) is 11.3 Å². The van der Waals surface area contributed by atoms with E-state index in [0.717, 1.165) is 11.3 Å². The molecular weight excluding hydrogens is 299 g/mol. The highest BCUT2D eigenvalue weighted by atomic mass is 32.1. The maximum Gasteiger partial charge on any atom is 0.199 e. The van der Waals surface area contributed by atoms with E-state index in [0.29, 0.717) is 10.8 Å². The molecule has 6 heteroatoms. The van der Waals surface area contributed by atoms with Crippen molar-refractivity contribution in [1.82, 2.24) is 4.98 Å². The number of rotatable bonds is 3. The Hall–Kier alpha value is -2.73. The summed E-state index contributed by atoms with van der Waals surface area (Å²) in [5, 5.41) is 16.2. The average Bonchev–Trinajstić information content (AvgIpc) is 2.99. The van der Waals surface area contributed by atoms with E-state index >= 15 is 0 Å². The van der Waals surface area contributed by atoms with Gasteiger partial charge in [0.1, 0.15) is 5.82 Å². The van der Waals surface area contributed by atoms with Gasteiger partial charge in [-0.05, 0) is 24.3 Å². The Bertz CT molecular complexity index is 768. The molecule has 0 saturated heterocycles. The van der Waals surface area contributed by atoms with Crippen molar-refractivity contribution in [1.29, 1.82) is 5.41 Å². The van der Waals surface area contributed by atoms with Crippen molar-refractivity contribution in [3.05, 3.63) is 65.8 Å². The van der Waals surface area contributed by atoms with Gasteiger partial charge in [-0.25, -0.2) is 9.37 Å². The van der Waals surface area contributed by atoms with Crippen molar-refractivity contribution >= 4 is 28.1 Å². The van der Waals surface area contributed by atoms with Gasteiger partial charge >= 0.3 is 0 Å². The van der Waals surface area contributed by atoms with Gasteiger partial charge in [0.25, 0.3) is 0 Å². The first-order chi connectivity index (χ1) is 10.7. The summed E-state index contributed by atoms with van der Waals surface area (Å²) in [6, 6.07) is 15.7. The van der Waals surface area contributed by atoms with E-state index in [1.165, 1.54) is 23.5 Å². The van der Waals surface area contributed by atoms with Gasteiger partial charge in [0.2, 0.25) is 0 Å². The van der Waals surface area contributed by atoms with Gasteiger partial charge in [-0.2, -0.15) is 0 Å².